The predicted octanol–water partition coefficient (Wildman–Crippen LogP) is 11.6. The van der Waals surface area contributed by atoms with Crippen LogP contribution >= 0.6 is 23.1 Å². The molecule has 0 atom stereocenters. The Balaban J connectivity index is 1.21. The fourth-order valence-electron chi connectivity index (χ4n) is 6.06. The monoisotopic (exact) mass is 547 g/mol. The standard InChI is InChI=1S/C36H21NOS2/c1-4-13-30-27(8-1)34-33(39-30)21-20-26-25-10-7-9-24(35(25)38-36(26)34)22-16-18-23(19-17-22)37-28-11-2-5-14-31(28)40-32-15-6-3-12-29(32)37/h1-21H. The van der Waals surface area contributed by atoms with Crippen molar-refractivity contribution in [1.29, 1.82) is 0 Å². The van der Waals surface area contributed by atoms with Crippen LogP contribution < -0.4 is 4.90 Å². The van der Waals surface area contributed by atoms with Crippen molar-refractivity contribution in [3.8, 4) is 11.1 Å². The molecule has 0 spiro atoms. The van der Waals surface area contributed by atoms with Crippen molar-refractivity contribution in [2.24, 2.45) is 0 Å². The third-order valence-electron chi connectivity index (χ3n) is 7.87. The largest absolute Gasteiger partial charge is 0.455 e. The summed E-state index contributed by atoms with van der Waals surface area (Å²) in [7, 11) is 0. The van der Waals surface area contributed by atoms with Gasteiger partial charge < -0.3 is 9.32 Å². The fraction of sp³-hybridized carbons (Fsp3) is 0. The van der Waals surface area contributed by atoms with Crippen molar-refractivity contribution in [2.75, 3.05) is 4.90 Å². The third-order valence-corrected chi connectivity index (χ3v) is 10.1. The van der Waals surface area contributed by atoms with Gasteiger partial charge in [-0.1, -0.05) is 84.6 Å². The average Bonchev–Trinajstić information content (AvgIpc) is 3.58. The van der Waals surface area contributed by atoms with Crippen molar-refractivity contribution in [3.63, 3.8) is 0 Å². The number of furan rings is 1. The van der Waals surface area contributed by atoms with Crippen molar-refractivity contribution < 1.29 is 4.42 Å². The maximum absolute atomic E-state index is 6.75. The smallest absolute Gasteiger partial charge is 0.144 e. The van der Waals surface area contributed by atoms with Gasteiger partial charge in [-0.3, -0.25) is 0 Å². The van der Waals surface area contributed by atoms with Crippen LogP contribution in [0.1, 0.15) is 0 Å². The van der Waals surface area contributed by atoms with Gasteiger partial charge >= 0.3 is 0 Å². The highest BCUT2D eigenvalue weighted by atomic mass is 32.2. The van der Waals surface area contributed by atoms with E-state index in [0.29, 0.717) is 0 Å². The highest BCUT2D eigenvalue weighted by Crippen LogP contribution is 2.51. The van der Waals surface area contributed by atoms with E-state index in [0.717, 1.165) is 33.4 Å². The van der Waals surface area contributed by atoms with Gasteiger partial charge in [-0.15, -0.1) is 11.3 Å². The van der Waals surface area contributed by atoms with Crippen LogP contribution in [0.15, 0.2) is 142 Å². The summed E-state index contributed by atoms with van der Waals surface area (Å²) in [5.41, 5.74) is 7.75. The van der Waals surface area contributed by atoms with Crippen molar-refractivity contribution >= 4 is 82.3 Å². The van der Waals surface area contributed by atoms with Gasteiger partial charge in [0.2, 0.25) is 0 Å². The lowest BCUT2D eigenvalue weighted by molar-refractivity contribution is 0.674. The van der Waals surface area contributed by atoms with Gasteiger partial charge in [0, 0.05) is 52.0 Å². The highest BCUT2D eigenvalue weighted by molar-refractivity contribution is 7.99. The molecule has 1 aliphatic heterocycles. The molecule has 40 heavy (non-hydrogen) atoms. The number of nitrogens with zero attached hydrogens (tertiary/aromatic N) is 1. The van der Waals surface area contributed by atoms with Crippen LogP contribution in [-0.4, -0.2) is 0 Å². The zero-order valence-electron chi connectivity index (χ0n) is 21.3. The zero-order chi connectivity index (χ0) is 26.2. The summed E-state index contributed by atoms with van der Waals surface area (Å²) in [5.74, 6) is 0. The molecule has 0 fully saturated rings. The van der Waals surface area contributed by atoms with Gasteiger partial charge in [-0.25, -0.2) is 0 Å². The van der Waals surface area contributed by atoms with E-state index >= 15 is 0 Å². The third kappa shape index (κ3) is 3.18. The van der Waals surface area contributed by atoms with Crippen molar-refractivity contribution in [1.82, 2.24) is 0 Å². The summed E-state index contributed by atoms with van der Waals surface area (Å²) in [4.78, 5) is 4.90. The van der Waals surface area contributed by atoms with Crippen LogP contribution in [0.2, 0.25) is 0 Å². The minimum absolute atomic E-state index is 0.943. The lowest BCUT2D eigenvalue weighted by Gasteiger charge is -2.32. The van der Waals surface area contributed by atoms with Gasteiger partial charge in [-0.05, 0) is 60.2 Å². The number of rotatable bonds is 2. The molecule has 8 aromatic rings. The topological polar surface area (TPSA) is 16.4 Å². The minimum atomic E-state index is 0.943. The molecule has 0 saturated carbocycles. The van der Waals surface area contributed by atoms with Crippen molar-refractivity contribution in [3.05, 3.63) is 127 Å². The maximum Gasteiger partial charge on any atom is 0.144 e. The van der Waals surface area contributed by atoms with E-state index < -0.39 is 0 Å². The molecule has 0 radical (unpaired) electrons. The van der Waals surface area contributed by atoms with Crippen LogP contribution in [-0.2, 0) is 0 Å². The number of para-hydroxylation sites is 3. The van der Waals surface area contributed by atoms with Crippen molar-refractivity contribution in [2.45, 2.75) is 9.79 Å². The Labute approximate surface area is 239 Å². The quantitative estimate of drug-likeness (QED) is 0.214. The molecule has 1 aliphatic rings. The summed E-state index contributed by atoms with van der Waals surface area (Å²) >= 11 is 3.66. The zero-order valence-corrected chi connectivity index (χ0v) is 22.9. The van der Waals surface area contributed by atoms with Gasteiger partial charge in [0.05, 0.1) is 11.4 Å². The molecule has 6 aromatic carbocycles. The first-order valence-electron chi connectivity index (χ1n) is 13.4. The second-order valence-corrected chi connectivity index (χ2v) is 12.3. The van der Waals surface area contributed by atoms with Crippen LogP contribution in [0.3, 0.4) is 0 Å². The lowest BCUT2D eigenvalue weighted by Crippen LogP contribution is -2.14. The van der Waals surface area contributed by atoms with E-state index in [2.05, 4.69) is 132 Å². The second kappa shape index (κ2) is 8.49. The molecule has 0 aliphatic carbocycles. The Kier molecular flexibility index (Phi) is 4.74. The fourth-order valence-corrected chi connectivity index (χ4v) is 8.23. The summed E-state index contributed by atoms with van der Waals surface area (Å²) in [6, 6.07) is 45.7. The average molecular weight is 548 g/mol. The number of fused-ring (bicyclic) bond motifs is 9. The molecule has 0 unspecified atom stereocenters. The highest BCUT2D eigenvalue weighted by Gasteiger charge is 2.24. The summed E-state index contributed by atoms with van der Waals surface area (Å²) < 4.78 is 9.31. The first-order valence-corrected chi connectivity index (χ1v) is 15.0. The van der Waals surface area contributed by atoms with E-state index in [4.69, 9.17) is 4.42 Å². The molecule has 2 aromatic heterocycles. The van der Waals surface area contributed by atoms with E-state index in [-0.39, 0.29) is 0 Å². The van der Waals surface area contributed by atoms with Crippen LogP contribution in [0.4, 0.5) is 17.1 Å². The second-order valence-electron chi connectivity index (χ2n) is 10.1. The molecule has 188 valence electrons. The molecule has 4 heteroatoms. The Hall–Kier alpha value is -4.51. The molecule has 9 rings (SSSR count). The molecule has 0 N–H and O–H groups in total. The van der Waals surface area contributed by atoms with E-state index in [1.54, 1.807) is 0 Å². The van der Waals surface area contributed by atoms with E-state index in [1.807, 2.05) is 23.1 Å². The van der Waals surface area contributed by atoms with Crippen LogP contribution in [0, 0.1) is 0 Å². The molecular weight excluding hydrogens is 527 g/mol. The molecule has 0 amide bonds. The number of hydrogen-bond donors (Lipinski definition) is 0. The van der Waals surface area contributed by atoms with Gasteiger partial charge in [0.25, 0.3) is 0 Å². The molecule has 0 saturated heterocycles. The molecule has 0 bridgehead atoms. The summed E-state index contributed by atoms with van der Waals surface area (Å²) in [5, 5.41) is 4.81. The van der Waals surface area contributed by atoms with E-state index in [9.17, 15) is 0 Å². The Morgan fingerprint density at radius 1 is 0.500 bits per heavy atom. The van der Waals surface area contributed by atoms with Crippen LogP contribution in [0.25, 0.3) is 53.2 Å². The Morgan fingerprint density at radius 3 is 1.98 bits per heavy atom. The van der Waals surface area contributed by atoms with Gasteiger partial charge in [0.1, 0.15) is 11.2 Å². The summed E-state index contributed by atoms with van der Waals surface area (Å²) in [6.07, 6.45) is 0. The maximum atomic E-state index is 6.75. The predicted molar refractivity (Wildman–Crippen MR) is 171 cm³/mol. The van der Waals surface area contributed by atoms with Gasteiger partial charge in [0.15, 0.2) is 0 Å². The minimum Gasteiger partial charge on any atom is -0.455 e. The first kappa shape index (κ1) is 22.3. The number of thiophene rings is 1. The Bertz CT molecular complexity index is 2210. The Morgan fingerprint density at radius 2 is 1.18 bits per heavy atom. The normalized spacial score (nSPS) is 12.8. The number of hydrogen-bond acceptors (Lipinski definition) is 4. The summed E-state index contributed by atoms with van der Waals surface area (Å²) in [6.45, 7) is 0. The van der Waals surface area contributed by atoms with Gasteiger partial charge in [-0.2, -0.15) is 0 Å². The SMILES string of the molecule is c1ccc2c(c1)Sc1ccccc1N2c1ccc(-c2cccc3c2oc2c3ccc3sc4ccccc4c32)cc1. The van der Waals surface area contributed by atoms with E-state index in [1.165, 1.54) is 46.7 Å². The number of benzene rings is 6. The molecule has 2 nitrogen and oxygen atoms in total. The lowest BCUT2D eigenvalue weighted by atomic mass is 10.0. The first-order chi connectivity index (χ1) is 19.8. The van der Waals surface area contributed by atoms with Crippen LogP contribution in [0.5, 0.6) is 0 Å². The number of anilines is 3. The molecule has 3 heterocycles. The molecular formula is C36H21NOS2.